The number of hydrogen-bond donors (Lipinski definition) is 0. The quantitative estimate of drug-likeness (QED) is 0.576. The van der Waals surface area contributed by atoms with Crippen LogP contribution in [0.25, 0.3) is 10.9 Å². The Labute approximate surface area is 181 Å². The van der Waals surface area contributed by atoms with Crippen LogP contribution >= 0.6 is 11.8 Å². The van der Waals surface area contributed by atoms with Gasteiger partial charge in [0, 0.05) is 46.7 Å². The van der Waals surface area contributed by atoms with Crippen molar-refractivity contribution in [1.29, 1.82) is 0 Å². The molecule has 154 valence electrons. The third-order valence-corrected chi connectivity index (χ3v) is 8.54. The Balaban J connectivity index is 1.63. The number of aromatic nitrogens is 1. The van der Waals surface area contributed by atoms with Crippen molar-refractivity contribution in [2.75, 3.05) is 18.2 Å². The monoisotopic (exact) mass is 418 g/mol. The van der Waals surface area contributed by atoms with Crippen molar-refractivity contribution in [2.24, 2.45) is 5.41 Å². The van der Waals surface area contributed by atoms with Crippen LogP contribution in [0.5, 0.6) is 0 Å². The van der Waals surface area contributed by atoms with Gasteiger partial charge < -0.3 is 9.30 Å². The molecule has 4 atom stereocenters. The summed E-state index contributed by atoms with van der Waals surface area (Å²) in [5, 5.41) is 1.30. The van der Waals surface area contributed by atoms with Crippen LogP contribution in [0.15, 0.2) is 54.6 Å². The van der Waals surface area contributed by atoms with E-state index in [1.165, 1.54) is 27.7 Å². The Morgan fingerprint density at radius 2 is 1.93 bits per heavy atom. The van der Waals surface area contributed by atoms with Crippen molar-refractivity contribution in [1.82, 2.24) is 9.47 Å². The summed E-state index contributed by atoms with van der Waals surface area (Å²) in [7, 11) is 0. The van der Waals surface area contributed by atoms with E-state index in [1.807, 2.05) is 18.7 Å². The van der Waals surface area contributed by atoms with Crippen LogP contribution in [0.1, 0.15) is 35.7 Å². The van der Waals surface area contributed by atoms with Gasteiger partial charge >= 0.3 is 5.97 Å². The van der Waals surface area contributed by atoms with E-state index < -0.39 is 5.41 Å². The molecule has 0 bridgehead atoms. The van der Waals surface area contributed by atoms with Crippen LogP contribution in [-0.2, 0) is 16.1 Å². The van der Waals surface area contributed by atoms with Gasteiger partial charge in [-0.1, -0.05) is 48.5 Å². The molecule has 3 aliphatic heterocycles. The number of nitrogens with zero attached hydrogens (tertiary/aromatic N) is 2. The van der Waals surface area contributed by atoms with Crippen LogP contribution in [0.3, 0.4) is 0 Å². The average molecular weight is 419 g/mol. The maximum atomic E-state index is 13.8. The lowest BCUT2D eigenvalue weighted by molar-refractivity contribution is -0.158. The second-order valence-electron chi connectivity index (χ2n) is 8.75. The number of rotatable bonds is 3. The predicted octanol–water partition coefficient (Wildman–Crippen LogP) is 4.73. The van der Waals surface area contributed by atoms with Gasteiger partial charge in [0.1, 0.15) is 5.41 Å². The van der Waals surface area contributed by atoms with Crippen molar-refractivity contribution >= 4 is 28.6 Å². The fraction of sp³-hybridized carbons (Fsp3) is 0.400. The highest BCUT2D eigenvalue weighted by Crippen LogP contribution is 2.66. The third kappa shape index (κ3) is 2.20. The lowest BCUT2D eigenvalue weighted by Crippen LogP contribution is -2.41. The van der Waals surface area contributed by atoms with Gasteiger partial charge in [-0.3, -0.25) is 9.69 Å². The summed E-state index contributed by atoms with van der Waals surface area (Å²) >= 11 is 1.99. The summed E-state index contributed by atoms with van der Waals surface area (Å²) in [6.07, 6.45) is 0. The molecular formula is C25H26N2O2S. The first-order valence-corrected chi connectivity index (χ1v) is 12.0. The number of carbonyl (C=O) groups is 1. The van der Waals surface area contributed by atoms with Crippen molar-refractivity contribution in [2.45, 2.75) is 38.4 Å². The lowest BCUT2D eigenvalue weighted by Gasteiger charge is -2.34. The van der Waals surface area contributed by atoms with E-state index in [9.17, 15) is 4.79 Å². The minimum absolute atomic E-state index is 0.0320. The number of esters is 1. The van der Waals surface area contributed by atoms with Crippen molar-refractivity contribution < 1.29 is 9.53 Å². The highest BCUT2D eigenvalue weighted by atomic mass is 32.2. The summed E-state index contributed by atoms with van der Waals surface area (Å²) in [5.41, 5.74) is 4.55. The molecule has 4 heterocycles. The molecule has 5 heteroatoms. The summed E-state index contributed by atoms with van der Waals surface area (Å²) in [6, 6.07) is 19.7. The molecule has 0 aliphatic carbocycles. The van der Waals surface area contributed by atoms with E-state index in [-0.39, 0.29) is 17.9 Å². The van der Waals surface area contributed by atoms with Gasteiger partial charge in [0.2, 0.25) is 0 Å². The first-order valence-electron chi connectivity index (χ1n) is 10.8. The third-order valence-electron chi connectivity index (χ3n) is 7.48. The number of thioether (sulfide) groups is 1. The van der Waals surface area contributed by atoms with Gasteiger partial charge in [0.15, 0.2) is 0 Å². The largest absolute Gasteiger partial charge is 0.465 e. The lowest BCUT2D eigenvalue weighted by atomic mass is 9.68. The Morgan fingerprint density at radius 1 is 1.17 bits per heavy atom. The van der Waals surface area contributed by atoms with Crippen LogP contribution in [0.4, 0.5) is 0 Å². The number of aryl methyl sites for hydroxylation is 1. The Hall–Kier alpha value is -2.24. The number of fused-ring (bicyclic) bond motifs is 7. The minimum atomic E-state index is -0.576. The minimum Gasteiger partial charge on any atom is -0.465 e. The normalized spacial score (nSPS) is 29.7. The summed E-state index contributed by atoms with van der Waals surface area (Å²) in [5.74, 6) is 2.14. The first-order chi connectivity index (χ1) is 14.7. The summed E-state index contributed by atoms with van der Waals surface area (Å²) in [4.78, 5) is 16.4. The van der Waals surface area contributed by atoms with Crippen molar-refractivity contribution in [3.8, 4) is 0 Å². The summed E-state index contributed by atoms with van der Waals surface area (Å²) in [6.45, 7) is 5.26. The van der Waals surface area contributed by atoms with E-state index in [2.05, 4.69) is 71.0 Å². The number of carbonyl (C=O) groups excluding carboxylic acids is 1. The zero-order chi connectivity index (χ0) is 20.5. The molecule has 30 heavy (non-hydrogen) atoms. The molecule has 1 aromatic heterocycles. The second kappa shape index (κ2) is 6.63. The molecule has 0 saturated carbocycles. The number of hydrogen-bond acceptors (Lipinski definition) is 4. The molecular weight excluding hydrogens is 392 g/mol. The molecule has 2 unspecified atom stereocenters. The molecule has 2 fully saturated rings. The highest BCUT2D eigenvalue weighted by Gasteiger charge is 2.69. The van der Waals surface area contributed by atoms with E-state index in [4.69, 9.17) is 4.74 Å². The van der Waals surface area contributed by atoms with Crippen molar-refractivity contribution in [3.05, 3.63) is 71.4 Å². The molecule has 0 radical (unpaired) electrons. The van der Waals surface area contributed by atoms with E-state index in [0.29, 0.717) is 19.2 Å². The standard InChI is InChI=1S/C25H26N2O2S/c1-3-29-24(28)25-14-26-19-12-8-7-11-18(19)16(2)22(26)23(25)27-15-30-13-20(27)21(25)17-9-5-4-6-10-17/h4-12,20-21,23H,3,13-15H2,1-2H3/t20?,21-,23-,25?/m0/s1. The fourth-order valence-electron chi connectivity index (χ4n) is 6.45. The van der Waals surface area contributed by atoms with Gasteiger partial charge in [-0.25, -0.2) is 0 Å². The van der Waals surface area contributed by atoms with Crippen molar-refractivity contribution in [3.63, 3.8) is 0 Å². The highest BCUT2D eigenvalue weighted by molar-refractivity contribution is 7.99. The van der Waals surface area contributed by atoms with Gasteiger partial charge in [-0.2, -0.15) is 0 Å². The number of benzene rings is 2. The Kier molecular flexibility index (Phi) is 4.09. The van der Waals surface area contributed by atoms with E-state index in [1.54, 1.807) is 0 Å². The molecule has 2 saturated heterocycles. The zero-order valence-corrected chi connectivity index (χ0v) is 18.2. The van der Waals surface area contributed by atoms with Crippen LogP contribution < -0.4 is 0 Å². The molecule has 0 spiro atoms. The van der Waals surface area contributed by atoms with E-state index >= 15 is 0 Å². The average Bonchev–Trinajstić information content (AvgIpc) is 3.48. The van der Waals surface area contributed by atoms with Gasteiger partial charge in [0.25, 0.3) is 0 Å². The predicted molar refractivity (Wildman–Crippen MR) is 121 cm³/mol. The second-order valence-corrected chi connectivity index (χ2v) is 9.75. The maximum absolute atomic E-state index is 13.8. The van der Waals surface area contributed by atoms with E-state index in [0.717, 1.165) is 11.6 Å². The van der Waals surface area contributed by atoms with Gasteiger partial charge in [-0.15, -0.1) is 11.8 Å². The van der Waals surface area contributed by atoms with Gasteiger partial charge in [0.05, 0.1) is 12.6 Å². The summed E-state index contributed by atoms with van der Waals surface area (Å²) < 4.78 is 8.23. The smallest absolute Gasteiger partial charge is 0.316 e. The van der Waals surface area contributed by atoms with Crippen LogP contribution in [0, 0.1) is 12.3 Å². The Morgan fingerprint density at radius 3 is 2.73 bits per heavy atom. The fourth-order valence-corrected chi connectivity index (χ4v) is 7.73. The molecule has 0 amide bonds. The first kappa shape index (κ1) is 18.5. The topological polar surface area (TPSA) is 34.5 Å². The number of ether oxygens (including phenoxy) is 1. The zero-order valence-electron chi connectivity index (χ0n) is 17.4. The van der Waals surface area contributed by atoms with Crippen LogP contribution in [-0.4, -0.2) is 39.7 Å². The molecule has 0 N–H and O–H groups in total. The SMILES string of the molecule is CCOC(=O)C12Cn3c(c(C)c4ccccc43)[C@@H]1N1CSCC1[C@@H]2c1ccccc1. The maximum Gasteiger partial charge on any atom is 0.316 e. The number of para-hydroxylation sites is 1. The molecule has 3 aliphatic rings. The Bertz CT molecular complexity index is 1140. The molecule has 3 aromatic rings. The van der Waals surface area contributed by atoms with Gasteiger partial charge in [-0.05, 0) is 31.0 Å². The van der Waals surface area contributed by atoms with Crippen LogP contribution in [0.2, 0.25) is 0 Å². The molecule has 6 rings (SSSR count). The molecule has 4 nitrogen and oxygen atoms in total. The molecule has 2 aromatic carbocycles.